The summed E-state index contributed by atoms with van der Waals surface area (Å²) < 4.78 is 14.7. The fourth-order valence-corrected chi connectivity index (χ4v) is 3.86. The summed E-state index contributed by atoms with van der Waals surface area (Å²) in [6.45, 7) is 3.84. The van der Waals surface area contributed by atoms with Gasteiger partial charge in [-0.15, -0.1) is 0 Å². The molecule has 1 aliphatic carbocycles. The minimum absolute atomic E-state index is 0.0316. The van der Waals surface area contributed by atoms with E-state index in [0.29, 0.717) is 24.2 Å². The van der Waals surface area contributed by atoms with E-state index < -0.39 is 28.2 Å². The van der Waals surface area contributed by atoms with Crippen LogP contribution in [-0.4, -0.2) is 30.0 Å². The Hall–Kier alpha value is -3.55. The second-order valence-corrected chi connectivity index (χ2v) is 8.58. The van der Waals surface area contributed by atoms with Crippen LogP contribution in [0.3, 0.4) is 0 Å². The topological polar surface area (TPSA) is 112 Å². The molecule has 4 rings (SSSR count). The summed E-state index contributed by atoms with van der Waals surface area (Å²) in [5, 5.41) is 16.3. The van der Waals surface area contributed by atoms with E-state index in [2.05, 4.69) is 10.6 Å². The molecule has 0 bridgehead atoms. The van der Waals surface area contributed by atoms with Crippen LogP contribution in [0.2, 0.25) is 0 Å². The molecule has 3 aromatic rings. The number of para-hydroxylation sites is 1. The number of phenolic OH excluding ortho intramolecular Hbond substituents is 1. The molecule has 0 saturated carbocycles. The molecule has 0 fully saturated rings. The molecule has 8 nitrogen and oxygen atoms in total. The largest absolute Gasteiger partial charge is 0.505 e. The van der Waals surface area contributed by atoms with Crippen LogP contribution in [0.25, 0.3) is 0 Å². The van der Waals surface area contributed by atoms with Gasteiger partial charge in [-0.05, 0) is 30.0 Å². The van der Waals surface area contributed by atoms with Gasteiger partial charge in [0.2, 0.25) is 0 Å². The molecule has 0 aliphatic heterocycles. The number of benzene rings is 1. The van der Waals surface area contributed by atoms with Crippen molar-refractivity contribution in [2.75, 3.05) is 24.7 Å². The van der Waals surface area contributed by atoms with Crippen LogP contribution < -0.4 is 21.5 Å². The molecule has 2 aromatic carbocycles. The maximum Gasteiger partial charge on any atom is 0.257 e. The van der Waals surface area contributed by atoms with Crippen molar-refractivity contribution in [3.8, 4) is 5.75 Å². The molecule has 0 saturated heterocycles. The highest BCUT2D eigenvalue weighted by molar-refractivity contribution is 5.99. The molecule has 8 heteroatoms. The van der Waals surface area contributed by atoms with Crippen LogP contribution in [-0.2, 0) is 6.42 Å². The minimum Gasteiger partial charge on any atom is -0.505 e. The lowest BCUT2D eigenvalue weighted by Crippen LogP contribution is -2.41. The molecule has 1 aromatic heterocycles. The van der Waals surface area contributed by atoms with Crippen LogP contribution in [0.15, 0.2) is 44.5 Å². The number of nitrogens with zero attached hydrogens (tertiary/aromatic N) is 1. The number of anilines is 3. The number of furan rings is 1. The number of nitrogens with one attached hydrogen (secondary N) is 2. The lowest BCUT2D eigenvalue weighted by Gasteiger charge is -2.39. The van der Waals surface area contributed by atoms with Crippen molar-refractivity contribution in [3.05, 3.63) is 67.9 Å². The molecule has 1 unspecified atom stereocenters. The molecule has 1 aliphatic rings. The summed E-state index contributed by atoms with van der Waals surface area (Å²) in [7, 11) is 3.12. The first-order valence-electron chi connectivity index (χ1n) is 10.5. The van der Waals surface area contributed by atoms with Crippen LogP contribution >= 0.6 is 0 Å². The van der Waals surface area contributed by atoms with Crippen LogP contribution in [0, 0.1) is 5.41 Å². The van der Waals surface area contributed by atoms with E-state index in [-0.39, 0.29) is 28.4 Å². The van der Waals surface area contributed by atoms with Gasteiger partial charge < -0.3 is 25.1 Å². The Kier molecular flexibility index (Phi) is 4.57. The van der Waals surface area contributed by atoms with Gasteiger partial charge in [0.25, 0.3) is 16.8 Å². The number of aryl methyl sites for hydroxylation is 1. The first kappa shape index (κ1) is 19.4. The van der Waals surface area contributed by atoms with Crippen molar-refractivity contribution in [2.45, 2.75) is 32.7 Å². The number of hydrogen-bond acceptors (Lipinski definition) is 7. The van der Waals surface area contributed by atoms with E-state index in [1.54, 1.807) is 26.2 Å². The van der Waals surface area contributed by atoms with Gasteiger partial charge in [-0.1, -0.05) is 19.9 Å². The van der Waals surface area contributed by atoms with Gasteiger partial charge in [0, 0.05) is 26.1 Å². The zero-order chi connectivity index (χ0) is 23.4. The second kappa shape index (κ2) is 7.30. The number of carbonyl (C=O) groups excluding carboxylic acids is 1. The predicted octanol–water partition coefficient (Wildman–Crippen LogP) is 3.15. The Balaban J connectivity index is 1.72. The van der Waals surface area contributed by atoms with Gasteiger partial charge in [-0.3, -0.25) is 14.4 Å². The van der Waals surface area contributed by atoms with Crippen LogP contribution in [0.4, 0.5) is 17.1 Å². The molecule has 1 atom stereocenters. The fourth-order valence-electron chi connectivity index (χ4n) is 3.86. The van der Waals surface area contributed by atoms with Gasteiger partial charge in [-0.25, -0.2) is 0 Å². The van der Waals surface area contributed by atoms with Gasteiger partial charge in [0.15, 0.2) is 5.75 Å². The van der Waals surface area contributed by atoms with E-state index in [4.69, 9.17) is 4.42 Å². The summed E-state index contributed by atoms with van der Waals surface area (Å²) >= 11 is 0. The lowest BCUT2D eigenvalue weighted by atomic mass is 9.72. The fraction of sp³-hybridized carbons (Fsp3) is 0.348. The lowest BCUT2D eigenvalue weighted by molar-refractivity contribution is 0.0824. The highest BCUT2D eigenvalue weighted by Crippen LogP contribution is 2.46. The Morgan fingerprint density at radius 3 is 2.65 bits per heavy atom. The number of hydrogen-bond donors (Lipinski definition) is 3. The highest BCUT2D eigenvalue weighted by atomic mass is 16.3. The molecule has 0 spiro atoms. The maximum absolute atomic E-state index is 12.4. The normalized spacial score (nSPS) is 20.1. The molecular formula is C23H25N3O5. The molecule has 31 heavy (non-hydrogen) atoms. The zero-order valence-electron chi connectivity index (χ0n) is 18.8. The minimum atomic E-state index is -1.41. The van der Waals surface area contributed by atoms with E-state index >= 15 is 0 Å². The average molecular weight is 424 g/mol. The van der Waals surface area contributed by atoms with Gasteiger partial charge in [0.05, 0.1) is 24.9 Å². The van der Waals surface area contributed by atoms with Crippen molar-refractivity contribution in [1.29, 1.82) is 0 Å². The number of fused-ring (bicyclic) bond motifs is 1. The van der Waals surface area contributed by atoms with Crippen LogP contribution in [0.1, 0.15) is 49.3 Å². The number of aromatic hydroxyl groups is 1. The number of carbonyl (C=O) groups is 1. The third-order valence-corrected chi connectivity index (χ3v) is 5.76. The standard InChI is InChI=1S/C23H25N3O5/c1-23(2)10-8-15-12(9-11-31-15)21(23)25-17-16(19(28)20(17)29)24-14-7-5-6-13(18(14)27)22(30)26(3)4/h5-7,9,11,21,24-25,27H,8,10H2,1-4H3/i21D. The number of rotatable bonds is 5. The highest BCUT2D eigenvalue weighted by Gasteiger charge is 2.39. The van der Waals surface area contributed by atoms with Gasteiger partial charge in [0.1, 0.15) is 17.1 Å². The smallest absolute Gasteiger partial charge is 0.257 e. The SMILES string of the molecule is [2H]C1(Nc2c(Nc3cccc(C(=O)N(C)C)c3O)c(=O)c2=O)c2ccoc2CCC1(C)C. The monoisotopic (exact) mass is 424 g/mol. The summed E-state index contributed by atoms with van der Waals surface area (Å²) in [4.78, 5) is 38.4. The second-order valence-electron chi connectivity index (χ2n) is 8.58. The zero-order valence-corrected chi connectivity index (χ0v) is 17.8. The number of phenols is 1. The summed E-state index contributed by atoms with van der Waals surface area (Å²) in [5.74, 6) is -0.0653. The summed E-state index contributed by atoms with van der Waals surface area (Å²) in [5.41, 5.74) is -1.38. The third-order valence-electron chi connectivity index (χ3n) is 5.76. The molecule has 3 N–H and O–H groups in total. The Labute approximate surface area is 180 Å². The van der Waals surface area contributed by atoms with E-state index in [0.717, 1.165) is 0 Å². The van der Waals surface area contributed by atoms with E-state index in [9.17, 15) is 20.9 Å². The van der Waals surface area contributed by atoms with Gasteiger partial charge >= 0.3 is 0 Å². The molecule has 162 valence electrons. The Morgan fingerprint density at radius 1 is 1.23 bits per heavy atom. The first-order valence-corrected chi connectivity index (χ1v) is 9.97. The van der Waals surface area contributed by atoms with E-state index in [1.165, 1.54) is 23.3 Å². The molecule has 0 radical (unpaired) electrons. The summed E-state index contributed by atoms with van der Waals surface area (Å²) in [6, 6.07) is 4.82. The molecule has 1 amide bonds. The Morgan fingerprint density at radius 2 is 1.94 bits per heavy atom. The third kappa shape index (κ3) is 3.37. The van der Waals surface area contributed by atoms with Crippen LogP contribution in [0.5, 0.6) is 5.75 Å². The van der Waals surface area contributed by atoms with Crippen molar-refractivity contribution in [1.82, 2.24) is 4.90 Å². The summed E-state index contributed by atoms with van der Waals surface area (Å²) in [6.07, 6.45) is 2.84. The van der Waals surface area contributed by atoms with Gasteiger partial charge in [-0.2, -0.15) is 0 Å². The number of amides is 1. The van der Waals surface area contributed by atoms with E-state index in [1.807, 2.05) is 13.8 Å². The Bertz CT molecular complexity index is 1290. The molecule has 1 heterocycles. The average Bonchev–Trinajstić information content (AvgIpc) is 3.24. The molecular weight excluding hydrogens is 398 g/mol. The van der Waals surface area contributed by atoms with Crippen molar-refractivity contribution in [3.63, 3.8) is 0 Å². The van der Waals surface area contributed by atoms with Crippen molar-refractivity contribution >= 4 is 23.0 Å². The predicted molar refractivity (Wildman–Crippen MR) is 118 cm³/mol. The van der Waals surface area contributed by atoms with Crippen molar-refractivity contribution in [2.24, 2.45) is 5.41 Å². The first-order chi connectivity index (χ1) is 15.0. The quantitative estimate of drug-likeness (QED) is 0.426. The maximum atomic E-state index is 12.4. The van der Waals surface area contributed by atoms with Crippen molar-refractivity contribution < 1.29 is 15.7 Å².